The smallest absolute Gasteiger partial charge is 0.333 e. The molecule has 1 N–H and O–H groups in total. The van der Waals surface area contributed by atoms with E-state index in [0.717, 1.165) is 51.4 Å². The molecule has 4 saturated carbocycles. The van der Waals surface area contributed by atoms with Crippen molar-refractivity contribution in [2.45, 2.75) is 90.8 Å². The van der Waals surface area contributed by atoms with Crippen LogP contribution in [0.5, 0.6) is 0 Å². The predicted molar refractivity (Wildman–Crippen MR) is 112 cm³/mol. The summed E-state index contributed by atoms with van der Waals surface area (Å²) in [5.41, 5.74) is -0.366. The number of carbonyl (C=O) groups excluding carboxylic acids is 1. The molecular weight excluding hydrogens is 380 g/mol. The number of aliphatic carboxylic acids is 1. The van der Waals surface area contributed by atoms with Crippen LogP contribution in [0.3, 0.4) is 0 Å². The summed E-state index contributed by atoms with van der Waals surface area (Å²) < 4.78 is 12.4. The van der Waals surface area contributed by atoms with E-state index in [-0.39, 0.29) is 34.4 Å². The number of carboxylic acids is 1. The third-order valence-electron chi connectivity index (χ3n) is 10.4. The van der Waals surface area contributed by atoms with Crippen LogP contribution in [-0.2, 0) is 19.1 Å². The number of epoxide rings is 1. The first-order valence-corrected chi connectivity index (χ1v) is 11.9. The second-order valence-electron chi connectivity index (χ2n) is 11.4. The lowest BCUT2D eigenvalue weighted by molar-refractivity contribution is -0.199. The highest BCUT2D eigenvalue weighted by atomic mass is 16.6. The maximum absolute atomic E-state index is 12.8. The molecule has 1 aliphatic heterocycles. The number of hydrogen-bond acceptors (Lipinski definition) is 4. The van der Waals surface area contributed by atoms with Gasteiger partial charge in [-0.3, -0.25) is 4.79 Å². The molecule has 0 aromatic heterocycles. The minimum absolute atomic E-state index is 0.0185. The Balaban J connectivity index is 1.55. The summed E-state index contributed by atoms with van der Waals surface area (Å²) in [6.07, 6.45) is 9.59. The van der Waals surface area contributed by atoms with Gasteiger partial charge >= 0.3 is 11.9 Å². The van der Waals surface area contributed by atoms with Crippen LogP contribution in [0.2, 0.25) is 0 Å². The maximum atomic E-state index is 12.8. The van der Waals surface area contributed by atoms with Crippen LogP contribution in [0.1, 0.15) is 79.1 Å². The lowest BCUT2D eigenvalue weighted by atomic mass is 9.40. The molecule has 4 aliphatic carbocycles. The van der Waals surface area contributed by atoms with Crippen molar-refractivity contribution in [2.24, 2.45) is 34.0 Å². The third-order valence-corrected chi connectivity index (χ3v) is 10.4. The molecule has 0 radical (unpaired) electrons. The Morgan fingerprint density at radius 2 is 1.83 bits per heavy atom. The first kappa shape index (κ1) is 20.5. The van der Waals surface area contributed by atoms with Crippen LogP contribution >= 0.6 is 0 Å². The Kier molecular flexibility index (Phi) is 4.34. The van der Waals surface area contributed by atoms with Crippen molar-refractivity contribution in [2.75, 3.05) is 6.61 Å². The molecule has 2 bridgehead atoms. The van der Waals surface area contributed by atoms with E-state index in [9.17, 15) is 14.7 Å². The van der Waals surface area contributed by atoms with Crippen LogP contribution in [0.25, 0.3) is 0 Å². The highest BCUT2D eigenvalue weighted by Crippen LogP contribution is 2.75. The minimum atomic E-state index is -0.647. The second-order valence-corrected chi connectivity index (χ2v) is 11.4. The molecule has 8 atom stereocenters. The normalized spacial score (nSPS) is 51.8. The fourth-order valence-corrected chi connectivity index (χ4v) is 8.81. The van der Waals surface area contributed by atoms with E-state index in [2.05, 4.69) is 6.92 Å². The Labute approximate surface area is 179 Å². The summed E-state index contributed by atoms with van der Waals surface area (Å²) >= 11 is 0. The van der Waals surface area contributed by atoms with E-state index < -0.39 is 11.4 Å². The molecule has 30 heavy (non-hydrogen) atoms. The highest BCUT2D eigenvalue weighted by Gasteiger charge is 2.78. The Bertz CT molecular complexity index is 812. The van der Waals surface area contributed by atoms with Crippen LogP contribution < -0.4 is 0 Å². The average Bonchev–Trinajstić information content (AvgIpc) is 3.49. The fraction of sp³-hybridized carbons (Fsp3) is 0.840. The van der Waals surface area contributed by atoms with Crippen molar-refractivity contribution >= 4 is 11.9 Å². The summed E-state index contributed by atoms with van der Waals surface area (Å²) in [4.78, 5) is 25.2. The molecule has 5 nitrogen and oxygen atoms in total. The van der Waals surface area contributed by atoms with E-state index >= 15 is 0 Å². The molecular formula is C25H36O5. The van der Waals surface area contributed by atoms with E-state index in [0.29, 0.717) is 24.0 Å². The van der Waals surface area contributed by atoms with Gasteiger partial charge in [0.05, 0.1) is 12.0 Å². The van der Waals surface area contributed by atoms with Crippen LogP contribution in [0, 0.1) is 34.0 Å². The van der Waals surface area contributed by atoms with Gasteiger partial charge in [0.25, 0.3) is 0 Å². The summed E-state index contributed by atoms with van der Waals surface area (Å²) in [6.45, 7) is 8.73. The molecule has 166 valence electrons. The number of ether oxygens (including phenoxy) is 2. The molecule has 5 heteroatoms. The molecule has 0 aromatic rings. The number of hydrogen-bond donors (Lipinski definition) is 1. The van der Waals surface area contributed by atoms with Gasteiger partial charge in [-0.05, 0) is 88.9 Å². The molecule has 5 fully saturated rings. The lowest BCUT2D eigenvalue weighted by Crippen LogP contribution is -2.61. The van der Waals surface area contributed by atoms with Crippen LogP contribution in [0.15, 0.2) is 11.6 Å². The molecule has 0 aromatic carbocycles. The second kappa shape index (κ2) is 6.34. The number of carboxylic acid groups (broad SMARTS) is 1. The number of rotatable bonds is 3. The van der Waals surface area contributed by atoms with Gasteiger partial charge in [0.2, 0.25) is 0 Å². The number of allylic oxidation sites excluding steroid dienone is 1. The standard InChI is InChI=1S/C25H36O5/c1-5-15(2)19(26)30-20-24-12-9-17-22(3,10-6-11-23(17,4)21(27)28)18(24)8-7-16(13-24)25(20)14-29-25/h5,16-18,20H,6-14H2,1-4H3,(H,27,28). The van der Waals surface area contributed by atoms with Gasteiger partial charge in [-0.15, -0.1) is 0 Å². The molecule has 0 amide bonds. The summed E-state index contributed by atoms with van der Waals surface area (Å²) in [5.74, 6) is 0.194. The van der Waals surface area contributed by atoms with Gasteiger partial charge in [0, 0.05) is 11.0 Å². The summed E-state index contributed by atoms with van der Waals surface area (Å²) in [6, 6.07) is 0. The zero-order chi connectivity index (χ0) is 21.5. The van der Waals surface area contributed by atoms with Crippen molar-refractivity contribution in [1.82, 2.24) is 0 Å². The highest BCUT2D eigenvalue weighted by molar-refractivity contribution is 5.88. The summed E-state index contributed by atoms with van der Waals surface area (Å²) in [5, 5.41) is 10.1. The predicted octanol–water partition coefficient (Wildman–Crippen LogP) is 4.74. The number of esters is 1. The lowest BCUT2D eigenvalue weighted by Gasteiger charge is -2.63. The van der Waals surface area contributed by atoms with Crippen molar-refractivity contribution in [3.8, 4) is 0 Å². The molecule has 5 rings (SSSR count). The molecule has 5 aliphatic rings. The fourth-order valence-electron chi connectivity index (χ4n) is 8.81. The molecule has 1 saturated heterocycles. The Hall–Kier alpha value is -1.36. The van der Waals surface area contributed by atoms with Crippen molar-refractivity contribution < 1.29 is 24.2 Å². The van der Waals surface area contributed by atoms with Gasteiger partial charge in [0.15, 0.2) is 0 Å². The zero-order valence-electron chi connectivity index (χ0n) is 18.8. The SMILES string of the molecule is CC=C(C)C(=O)OC1C23CCC4C(C)(C(=O)O)CCCC4(C)C2CCC(C3)C12CO2. The van der Waals surface area contributed by atoms with Gasteiger partial charge in [0.1, 0.15) is 11.7 Å². The van der Waals surface area contributed by atoms with Gasteiger partial charge in [-0.2, -0.15) is 0 Å². The van der Waals surface area contributed by atoms with Crippen LogP contribution in [0.4, 0.5) is 0 Å². The summed E-state index contributed by atoms with van der Waals surface area (Å²) in [7, 11) is 0. The van der Waals surface area contributed by atoms with E-state index in [1.54, 1.807) is 0 Å². The van der Waals surface area contributed by atoms with Gasteiger partial charge in [-0.1, -0.05) is 19.4 Å². The van der Waals surface area contributed by atoms with Crippen molar-refractivity contribution in [3.05, 3.63) is 11.6 Å². The maximum Gasteiger partial charge on any atom is 0.333 e. The van der Waals surface area contributed by atoms with E-state index in [1.165, 1.54) is 0 Å². The van der Waals surface area contributed by atoms with Crippen molar-refractivity contribution in [1.29, 1.82) is 0 Å². The minimum Gasteiger partial charge on any atom is -0.481 e. The average molecular weight is 417 g/mol. The van der Waals surface area contributed by atoms with Crippen LogP contribution in [-0.4, -0.2) is 35.4 Å². The Morgan fingerprint density at radius 3 is 2.47 bits per heavy atom. The molecule has 8 unspecified atom stereocenters. The number of fused-ring (bicyclic) bond motifs is 4. The molecule has 2 spiro atoms. The third kappa shape index (κ3) is 2.39. The topological polar surface area (TPSA) is 76.1 Å². The van der Waals surface area contributed by atoms with Gasteiger partial charge < -0.3 is 14.6 Å². The quantitative estimate of drug-likeness (QED) is 0.408. The first-order valence-electron chi connectivity index (χ1n) is 11.9. The van der Waals surface area contributed by atoms with E-state index in [1.807, 2.05) is 26.8 Å². The largest absolute Gasteiger partial charge is 0.481 e. The van der Waals surface area contributed by atoms with Gasteiger partial charge in [-0.25, -0.2) is 4.79 Å². The monoisotopic (exact) mass is 416 g/mol. The molecule has 1 heterocycles. The number of carbonyl (C=O) groups is 2. The zero-order valence-corrected chi connectivity index (χ0v) is 18.8. The Morgan fingerprint density at radius 1 is 1.10 bits per heavy atom. The van der Waals surface area contributed by atoms with Crippen molar-refractivity contribution in [3.63, 3.8) is 0 Å². The van der Waals surface area contributed by atoms with E-state index in [4.69, 9.17) is 9.47 Å². The first-order chi connectivity index (χ1) is 14.1.